The molecule has 3 aromatic rings. The third kappa shape index (κ3) is 5.36. The molecule has 1 saturated carbocycles. The van der Waals surface area contributed by atoms with E-state index in [0.717, 1.165) is 11.1 Å². The number of nitrogens with one attached hydrogen (secondary N) is 1. The zero-order valence-corrected chi connectivity index (χ0v) is 22.2. The summed E-state index contributed by atoms with van der Waals surface area (Å²) in [6.45, 7) is 1.87. The van der Waals surface area contributed by atoms with Gasteiger partial charge in [-0.3, -0.25) is 9.59 Å². The van der Waals surface area contributed by atoms with Crippen molar-refractivity contribution in [2.45, 2.75) is 23.6 Å². The van der Waals surface area contributed by atoms with Crippen LogP contribution in [0.15, 0.2) is 54.6 Å². The number of hydrogen-bond acceptors (Lipinski definition) is 2. The molecule has 34 heavy (non-hydrogen) atoms. The molecule has 0 heterocycles. The van der Waals surface area contributed by atoms with Crippen LogP contribution >= 0.6 is 69.6 Å². The lowest BCUT2D eigenvalue weighted by molar-refractivity contribution is -0.117. The molecule has 0 aliphatic heterocycles. The standard InChI is InChI=1S/C25H17Cl6NO2/c1-12-6-13(2-4-19(12)28)7-21(33)18-11-17(3-5-20(18)29)32-24(34)23-22(25(23,30)31)14-8-15(26)10-16(27)9-14/h2-6,8-11,22-23H,7H2,1H3,(H,32,34). The summed E-state index contributed by atoms with van der Waals surface area (Å²) < 4.78 is -1.31. The molecule has 3 aromatic carbocycles. The molecule has 2 unspecified atom stereocenters. The Hall–Kier alpha value is -1.46. The van der Waals surface area contributed by atoms with Crippen LogP contribution in [-0.4, -0.2) is 16.0 Å². The van der Waals surface area contributed by atoms with Gasteiger partial charge in [-0.25, -0.2) is 0 Å². The molecule has 0 aromatic heterocycles. The van der Waals surface area contributed by atoms with Gasteiger partial charge in [0.05, 0.1) is 10.9 Å². The van der Waals surface area contributed by atoms with E-state index >= 15 is 0 Å². The van der Waals surface area contributed by atoms with Crippen molar-refractivity contribution in [3.63, 3.8) is 0 Å². The Labute approximate surface area is 227 Å². The first kappa shape index (κ1) is 25.6. The van der Waals surface area contributed by atoms with Crippen molar-refractivity contribution >= 4 is 87.0 Å². The number of anilines is 1. The number of Topliss-reactive ketones (excluding diaryl/α,β-unsaturated/α-hetero) is 1. The van der Waals surface area contributed by atoms with Crippen LogP contribution in [0.5, 0.6) is 0 Å². The number of amides is 1. The molecule has 1 aliphatic carbocycles. The number of aryl methyl sites for hydroxylation is 1. The van der Waals surface area contributed by atoms with E-state index in [1.165, 1.54) is 0 Å². The second-order valence-corrected chi connectivity index (χ2v) is 11.3. The number of alkyl halides is 2. The molecule has 4 rings (SSSR count). The summed E-state index contributed by atoms with van der Waals surface area (Å²) in [4.78, 5) is 25.9. The minimum atomic E-state index is -1.31. The summed E-state index contributed by atoms with van der Waals surface area (Å²) in [5.74, 6) is -1.78. The SMILES string of the molecule is Cc1cc(CC(=O)c2cc(NC(=O)C3C(c4cc(Cl)cc(Cl)c4)C3(Cl)Cl)ccc2Cl)ccc1Cl. The van der Waals surface area contributed by atoms with E-state index in [1.54, 1.807) is 48.5 Å². The summed E-state index contributed by atoms with van der Waals surface area (Å²) in [6, 6.07) is 15.1. The van der Waals surface area contributed by atoms with Gasteiger partial charge in [-0.2, -0.15) is 0 Å². The maximum absolute atomic E-state index is 13.0. The second-order valence-electron chi connectivity index (χ2n) is 8.20. The molecule has 9 heteroatoms. The van der Waals surface area contributed by atoms with Gasteiger partial charge in [-0.15, -0.1) is 23.2 Å². The molecular weight excluding hydrogens is 559 g/mol. The Morgan fingerprint density at radius 3 is 2.18 bits per heavy atom. The molecule has 1 amide bonds. The van der Waals surface area contributed by atoms with Crippen LogP contribution in [0, 0.1) is 12.8 Å². The quantitative estimate of drug-likeness (QED) is 0.236. The summed E-state index contributed by atoms with van der Waals surface area (Å²) >= 11 is 37.4. The average Bonchev–Trinajstić information content (AvgIpc) is 3.33. The van der Waals surface area contributed by atoms with Crippen LogP contribution in [0.4, 0.5) is 5.69 Å². The van der Waals surface area contributed by atoms with Crippen LogP contribution in [0.2, 0.25) is 20.1 Å². The first-order valence-electron chi connectivity index (χ1n) is 10.2. The van der Waals surface area contributed by atoms with E-state index in [2.05, 4.69) is 5.32 Å². The first-order chi connectivity index (χ1) is 16.0. The fourth-order valence-electron chi connectivity index (χ4n) is 3.96. The summed E-state index contributed by atoms with van der Waals surface area (Å²) in [5, 5.41) is 4.56. The third-order valence-corrected chi connectivity index (χ3v) is 7.83. The molecule has 0 saturated heterocycles. The van der Waals surface area contributed by atoms with Crippen molar-refractivity contribution in [1.82, 2.24) is 0 Å². The van der Waals surface area contributed by atoms with E-state index in [9.17, 15) is 9.59 Å². The van der Waals surface area contributed by atoms with E-state index in [0.29, 0.717) is 31.9 Å². The maximum atomic E-state index is 13.0. The van der Waals surface area contributed by atoms with Crippen molar-refractivity contribution in [3.05, 3.63) is 96.9 Å². The van der Waals surface area contributed by atoms with E-state index in [1.807, 2.05) is 13.0 Å². The highest BCUT2D eigenvalue weighted by atomic mass is 35.5. The van der Waals surface area contributed by atoms with Crippen molar-refractivity contribution in [2.24, 2.45) is 5.92 Å². The van der Waals surface area contributed by atoms with E-state index in [4.69, 9.17) is 69.6 Å². The lowest BCUT2D eigenvalue weighted by Gasteiger charge is -2.10. The number of halogens is 6. The molecule has 1 aliphatic rings. The molecule has 0 bridgehead atoms. The Balaban J connectivity index is 1.51. The third-order valence-electron chi connectivity index (χ3n) is 5.70. The summed E-state index contributed by atoms with van der Waals surface area (Å²) in [7, 11) is 0. The average molecular weight is 576 g/mol. The predicted octanol–water partition coefficient (Wildman–Crippen LogP) is 8.56. The van der Waals surface area contributed by atoms with Crippen molar-refractivity contribution in [3.8, 4) is 0 Å². The number of carbonyl (C=O) groups excluding carboxylic acids is 2. The van der Waals surface area contributed by atoms with Gasteiger partial charge >= 0.3 is 0 Å². The lowest BCUT2D eigenvalue weighted by Crippen LogP contribution is -2.17. The fraction of sp³-hybridized carbons (Fsp3) is 0.200. The van der Waals surface area contributed by atoms with Crippen LogP contribution in [0.1, 0.15) is 33.0 Å². The molecule has 2 atom stereocenters. The normalized spacial score (nSPS) is 18.4. The van der Waals surface area contributed by atoms with Crippen LogP contribution in [-0.2, 0) is 11.2 Å². The molecule has 176 valence electrons. The molecular formula is C25H17Cl6NO2. The van der Waals surface area contributed by atoms with Crippen LogP contribution < -0.4 is 5.32 Å². The van der Waals surface area contributed by atoms with Gasteiger partial charge in [0.1, 0.15) is 4.33 Å². The molecule has 1 fully saturated rings. The van der Waals surface area contributed by atoms with Crippen molar-refractivity contribution in [2.75, 3.05) is 5.32 Å². The number of carbonyl (C=O) groups is 2. The van der Waals surface area contributed by atoms with E-state index in [-0.39, 0.29) is 23.1 Å². The molecule has 0 spiro atoms. The Morgan fingerprint density at radius 2 is 1.53 bits per heavy atom. The van der Waals surface area contributed by atoms with Crippen molar-refractivity contribution in [1.29, 1.82) is 0 Å². The van der Waals surface area contributed by atoms with Gasteiger partial charge in [-0.05, 0) is 66.1 Å². The number of rotatable bonds is 6. The van der Waals surface area contributed by atoms with Gasteiger partial charge in [0, 0.05) is 38.7 Å². The minimum Gasteiger partial charge on any atom is -0.326 e. The van der Waals surface area contributed by atoms with Gasteiger partial charge in [0.15, 0.2) is 5.78 Å². The Kier molecular flexibility index (Phi) is 7.45. The van der Waals surface area contributed by atoms with Crippen LogP contribution in [0.3, 0.4) is 0 Å². The number of benzene rings is 3. The highest BCUT2D eigenvalue weighted by Crippen LogP contribution is 2.65. The Morgan fingerprint density at radius 1 is 0.882 bits per heavy atom. The Bertz CT molecular complexity index is 1290. The zero-order valence-electron chi connectivity index (χ0n) is 17.6. The zero-order chi connectivity index (χ0) is 24.8. The van der Waals surface area contributed by atoms with Gasteiger partial charge in [0.2, 0.25) is 5.91 Å². The monoisotopic (exact) mass is 573 g/mol. The number of hydrogen-bond donors (Lipinski definition) is 1. The highest BCUT2D eigenvalue weighted by Gasteiger charge is 2.67. The summed E-state index contributed by atoms with van der Waals surface area (Å²) in [5.41, 5.74) is 3.07. The fourth-order valence-corrected chi connectivity index (χ4v) is 5.67. The lowest BCUT2D eigenvalue weighted by atomic mass is 10.0. The van der Waals surface area contributed by atoms with Crippen LogP contribution in [0.25, 0.3) is 0 Å². The smallest absolute Gasteiger partial charge is 0.231 e. The molecule has 3 nitrogen and oxygen atoms in total. The maximum Gasteiger partial charge on any atom is 0.231 e. The van der Waals surface area contributed by atoms with E-state index < -0.39 is 16.2 Å². The predicted molar refractivity (Wildman–Crippen MR) is 141 cm³/mol. The molecule has 1 N–H and O–H groups in total. The van der Waals surface area contributed by atoms with Gasteiger partial charge in [-0.1, -0.05) is 58.5 Å². The topological polar surface area (TPSA) is 46.2 Å². The second kappa shape index (κ2) is 9.89. The number of ketones is 1. The summed E-state index contributed by atoms with van der Waals surface area (Å²) in [6.07, 6.45) is 0.141. The first-order valence-corrected chi connectivity index (χ1v) is 12.5. The highest BCUT2D eigenvalue weighted by molar-refractivity contribution is 6.53. The largest absolute Gasteiger partial charge is 0.326 e. The van der Waals surface area contributed by atoms with Gasteiger partial charge in [0.25, 0.3) is 0 Å². The van der Waals surface area contributed by atoms with Gasteiger partial charge < -0.3 is 5.32 Å². The minimum absolute atomic E-state index is 0.141. The molecule has 0 radical (unpaired) electrons. The van der Waals surface area contributed by atoms with Crippen molar-refractivity contribution < 1.29 is 9.59 Å².